The quantitative estimate of drug-likeness (QED) is 0.805. The van der Waals surface area contributed by atoms with Crippen LogP contribution in [0.3, 0.4) is 0 Å². The third-order valence-corrected chi connectivity index (χ3v) is 2.18. The molecule has 0 unspecified atom stereocenters. The minimum absolute atomic E-state index is 0.0321. The minimum atomic E-state index is -1.04. The molecule has 18 heavy (non-hydrogen) atoms. The zero-order chi connectivity index (χ0) is 13.0. The summed E-state index contributed by atoms with van der Waals surface area (Å²) in [5.41, 5.74) is 0.680. The Balaban J connectivity index is 1.90. The molecule has 2 heterocycles. The molecule has 0 aliphatic heterocycles. The molecule has 0 aromatic carbocycles. The molecule has 0 atom stereocenters. The fraction of sp³-hybridized carbons (Fsp3) is 0.273. The van der Waals surface area contributed by atoms with E-state index < -0.39 is 5.97 Å². The monoisotopic (exact) mass is 248 g/mol. The average molecular weight is 248 g/mol. The first-order chi connectivity index (χ1) is 8.65. The molecule has 0 bridgehead atoms. The van der Waals surface area contributed by atoms with Crippen LogP contribution in [0.25, 0.3) is 0 Å². The molecule has 0 saturated heterocycles. The lowest BCUT2D eigenvalue weighted by molar-refractivity contribution is 0.0690. The summed E-state index contributed by atoms with van der Waals surface area (Å²) in [7, 11) is 0. The number of carboxylic acids is 1. The van der Waals surface area contributed by atoms with Gasteiger partial charge in [0.1, 0.15) is 5.69 Å². The lowest BCUT2D eigenvalue weighted by Gasteiger charge is -2.02. The summed E-state index contributed by atoms with van der Waals surface area (Å²) >= 11 is 0. The second-order valence-electron chi connectivity index (χ2n) is 3.65. The molecule has 7 nitrogen and oxygen atoms in total. The minimum Gasteiger partial charge on any atom is -0.477 e. The van der Waals surface area contributed by atoms with Crippen molar-refractivity contribution < 1.29 is 14.4 Å². The maximum atomic E-state index is 10.7. The summed E-state index contributed by atoms with van der Waals surface area (Å²) in [6, 6.07) is 4.86. The van der Waals surface area contributed by atoms with Gasteiger partial charge in [-0.1, -0.05) is 11.2 Å². The van der Waals surface area contributed by atoms with E-state index in [0.29, 0.717) is 30.5 Å². The van der Waals surface area contributed by atoms with Crippen LogP contribution in [0, 0.1) is 6.92 Å². The van der Waals surface area contributed by atoms with Crippen LogP contribution in [-0.2, 0) is 13.1 Å². The molecule has 0 fully saturated rings. The highest BCUT2D eigenvalue weighted by Gasteiger charge is 2.05. The van der Waals surface area contributed by atoms with E-state index in [1.165, 1.54) is 6.07 Å². The molecule has 0 spiro atoms. The highest BCUT2D eigenvalue weighted by Crippen LogP contribution is 2.00. The average Bonchev–Trinajstić information content (AvgIpc) is 2.75. The van der Waals surface area contributed by atoms with E-state index in [1.54, 1.807) is 19.1 Å². The van der Waals surface area contributed by atoms with E-state index in [-0.39, 0.29) is 5.69 Å². The third-order valence-electron chi connectivity index (χ3n) is 2.18. The van der Waals surface area contributed by atoms with Crippen molar-refractivity contribution >= 4 is 5.97 Å². The zero-order valence-corrected chi connectivity index (χ0v) is 9.75. The molecular formula is C11H12N4O3. The van der Waals surface area contributed by atoms with Gasteiger partial charge in [-0.15, -0.1) is 0 Å². The number of nitrogens with zero attached hydrogens (tertiary/aromatic N) is 3. The van der Waals surface area contributed by atoms with Gasteiger partial charge in [-0.2, -0.15) is 4.98 Å². The van der Waals surface area contributed by atoms with Crippen LogP contribution in [-0.4, -0.2) is 26.2 Å². The van der Waals surface area contributed by atoms with Crippen LogP contribution >= 0.6 is 0 Å². The van der Waals surface area contributed by atoms with E-state index in [9.17, 15) is 4.79 Å². The number of rotatable bonds is 5. The first kappa shape index (κ1) is 12.2. The van der Waals surface area contributed by atoms with Gasteiger partial charge in [-0.25, -0.2) is 9.78 Å². The van der Waals surface area contributed by atoms with Crippen molar-refractivity contribution in [3.05, 3.63) is 41.3 Å². The SMILES string of the molecule is Cc1nc(CNCc2cccc(C(=O)O)n2)no1. The van der Waals surface area contributed by atoms with E-state index in [0.717, 1.165) is 0 Å². The van der Waals surface area contributed by atoms with Crippen LogP contribution < -0.4 is 5.32 Å². The summed E-state index contributed by atoms with van der Waals surface area (Å²) in [5.74, 6) is 0.0327. The van der Waals surface area contributed by atoms with Crippen LogP contribution in [0.4, 0.5) is 0 Å². The Bertz CT molecular complexity index is 553. The van der Waals surface area contributed by atoms with E-state index >= 15 is 0 Å². The molecule has 2 N–H and O–H groups in total. The van der Waals surface area contributed by atoms with E-state index in [2.05, 4.69) is 20.4 Å². The van der Waals surface area contributed by atoms with Crippen LogP contribution in [0.15, 0.2) is 22.7 Å². The highest BCUT2D eigenvalue weighted by atomic mass is 16.5. The third kappa shape index (κ3) is 3.11. The fourth-order valence-electron chi connectivity index (χ4n) is 1.41. The van der Waals surface area contributed by atoms with Crippen molar-refractivity contribution in [2.75, 3.05) is 0 Å². The van der Waals surface area contributed by atoms with Crippen molar-refractivity contribution in [1.29, 1.82) is 0 Å². The van der Waals surface area contributed by atoms with Crippen LogP contribution in [0.1, 0.15) is 27.9 Å². The van der Waals surface area contributed by atoms with Gasteiger partial charge in [0.05, 0.1) is 12.2 Å². The van der Waals surface area contributed by atoms with Crippen molar-refractivity contribution in [2.24, 2.45) is 0 Å². The van der Waals surface area contributed by atoms with Gasteiger partial charge in [0, 0.05) is 13.5 Å². The van der Waals surface area contributed by atoms with Crippen molar-refractivity contribution in [2.45, 2.75) is 20.0 Å². The number of aromatic carboxylic acids is 1. The Morgan fingerprint density at radius 1 is 1.39 bits per heavy atom. The Labute approximate surface area is 103 Å². The molecule has 2 rings (SSSR count). The number of aryl methyl sites for hydroxylation is 1. The van der Waals surface area contributed by atoms with Crippen LogP contribution in [0.2, 0.25) is 0 Å². The summed E-state index contributed by atoms with van der Waals surface area (Å²) in [6.07, 6.45) is 0. The Morgan fingerprint density at radius 2 is 2.22 bits per heavy atom. The normalized spacial score (nSPS) is 10.5. The van der Waals surface area contributed by atoms with Gasteiger partial charge in [-0.05, 0) is 12.1 Å². The Hall–Kier alpha value is -2.28. The van der Waals surface area contributed by atoms with Crippen molar-refractivity contribution in [1.82, 2.24) is 20.4 Å². The number of carbonyl (C=O) groups is 1. The van der Waals surface area contributed by atoms with Crippen molar-refractivity contribution in [3.63, 3.8) is 0 Å². The van der Waals surface area contributed by atoms with Gasteiger partial charge < -0.3 is 14.9 Å². The molecule has 0 radical (unpaired) electrons. The number of nitrogens with one attached hydrogen (secondary N) is 1. The predicted octanol–water partition coefficient (Wildman–Crippen LogP) is 0.761. The molecular weight excluding hydrogens is 236 g/mol. The first-order valence-electron chi connectivity index (χ1n) is 5.34. The topological polar surface area (TPSA) is 101 Å². The fourth-order valence-corrected chi connectivity index (χ4v) is 1.41. The van der Waals surface area contributed by atoms with Crippen molar-refractivity contribution in [3.8, 4) is 0 Å². The number of hydrogen-bond acceptors (Lipinski definition) is 6. The molecule has 0 amide bonds. The second-order valence-corrected chi connectivity index (χ2v) is 3.65. The molecule has 0 saturated carbocycles. The molecule has 94 valence electrons. The number of hydrogen-bond donors (Lipinski definition) is 2. The lowest BCUT2D eigenvalue weighted by atomic mass is 10.3. The van der Waals surface area contributed by atoms with Crippen LogP contribution in [0.5, 0.6) is 0 Å². The molecule has 2 aromatic rings. The maximum absolute atomic E-state index is 10.7. The predicted molar refractivity (Wildman–Crippen MR) is 60.8 cm³/mol. The second kappa shape index (κ2) is 5.37. The Kier molecular flexibility index (Phi) is 3.63. The van der Waals surface area contributed by atoms with Gasteiger partial charge in [-0.3, -0.25) is 0 Å². The number of pyridine rings is 1. The molecule has 0 aliphatic rings. The standard InChI is InChI=1S/C11H12N4O3/c1-7-13-10(15-18-7)6-12-5-8-3-2-4-9(14-8)11(16)17/h2-4,12H,5-6H2,1H3,(H,16,17). The summed E-state index contributed by atoms with van der Waals surface area (Å²) in [6.45, 7) is 2.60. The largest absolute Gasteiger partial charge is 0.477 e. The summed E-state index contributed by atoms with van der Waals surface area (Å²) in [5, 5.41) is 15.6. The number of aromatic nitrogens is 3. The van der Waals surface area contributed by atoms with E-state index in [1.807, 2.05) is 0 Å². The van der Waals surface area contributed by atoms with Gasteiger partial charge >= 0.3 is 5.97 Å². The lowest BCUT2D eigenvalue weighted by Crippen LogP contribution is -2.15. The molecule has 2 aromatic heterocycles. The summed E-state index contributed by atoms with van der Waals surface area (Å²) < 4.78 is 4.82. The first-order valence-corrected chi connectivity index (χ1v) is 5.34. The Morgan fingerprint density at radius 3 is 2.89 bits per heavy atom. The zero-order valence-electron chi connectivity index (χ0n) is 9.75. The molecule has 0 aliphatic carbocycles. The van der Waals surface area contributed by atoms with Gasteiger partial charge in [0.25, 0.3) is 0 Å². The molecule has 7 heteroatoms. The maximum Gasteiger partial charge on any atom is 0.354 e. The number of carboxylic acid groups (broad SMARTS) is 1. The smallest absolute Gasteiger partial charge is 0.354 e. The van der Waals surface area contributed by atoms with Gasteiger partial charge in [0.15, 0.2) is 5.82 Å². The summed E-state index contributed by atoms with van der Waals surface area (Å²) in [4.78, 5) is 18.8. The van der Waals surface area contributed by atoms with Gasteiger partial charge in [0.2, 0.25) is 5.89 Å². The van der Waals surface area contributed by atoms with E-state index in [4.69, 9.17) is 9.63 Å². The highest BCUT2D eigenvalue weighted by molar-refractivity contribution is 5.85.